The summed E-state index contributed by atoms with van der Waals surface area (Å²) in [7, 11) is 0. The molecule has 3 N–H and O–H groups in total. The molecule has 0 aliphatic heterocycles. The van der Waals surface area contributed by atoms with E-state index in [1.54, 1.807) is 6.07 Å². The monoisotopic (exact) mass is 241 g/mol. The van der Waals surface area contributed by atoms with Gasteiger partial charge in [-0.25, -0.2) is 0 Å². The Labute approximate surface area is 85.9 Å². The standard InChI is InChI=1S/C10H12BrNO/c11-8-6-7(2-3-9(8)13)10(12)4-1-5-10/h2-3,6,13H,1,4-5,12H2. The molecule has 70 valence electrons. The number of benzene rings is 1. The normalized spacial score (nSPS) is 19.5. The van der Waals surface area contributed by atoms with Gasteiger partial charge in [0.2, 0.25) is 0 Å². The average molecular weight is 242 g/mol. The van der Waals surface area contributed by atoms with Crippen LogP contribution in [-0.4, -0.2) is 5.11 Å². The average Bonchev–Trinajstić information content (AvgIpc) is 2.06. The molecule has 0 bridgehead atoms. The summed E-state index contributed by atoms with van der Waals surface area (Å²) in [6.45, 7) is 0. The molecule has 1 fully saturated rings. The molecule has 13 heavy (non-hydrogen) atoms. The summed E-state index contributed by atoms with van der Waals surface area (Å²) in [5.41, 5.74) is 7.11. The van der Waals surface area contributed by atoms with E-state index in [1.807, 2.05) is 12.1 Å². The largest absolute Gasteiger partial charge is 0.507 e. The summed E-state index contributed by atoms with van der Waals surface area (Å²) < 4.78 is 0.724. The fourth-order valence-electron chi connectivity index (χ4n) is 1.66. The molecular weight excluding hydrogens is 230 g/mol. The summed E-state index contributed by atoms with van der Waals surface area (Å²) in [6.07, 6.45) is 3.30. The highest BCUT2D eigenvalue weighted by molar-refractivity contribution is 9.10. The van der Waals surface area contributed by atoms with Gasteiger partial charge in [0.05, 0.1) is 4.47 Å². The number of hydrogen-bond donors (Lipinski definition) is 2. The predicted octanol–water partition coefficient (Wildman–Crippen LogP) is 2.49. The van der Waals surface area contributed by atoms with Gasteiger partial charge in [0.1, 0.15) is 5.75 Å². The topological polar surface area (TPSA) is 46.2 Å². The van der Waals surface area contributed by atoms with Crippen LogP contribution in [0, 0.1) is 0 Å². The Morgan fingerprint density at radius 3 is 2.54 bits per heavy atom. The van der Waals surface area contributed by atoms with E-state index in [-0.39, 0.29) is 11.3 Å². The Morgan fingerprint density at radius 1 is 1.38 bits per heavy atom. The lowest BCUT2D eigenvalue weighted by Crippen LogP contribution is -2.43. The zero-order valence-corrected chi connectivity index (χ0v) is 8.84. The maximum atomic E-state index is 9.31. The minimum Gasteiger partial charge on any atom is -0.507 e. The van der Waals surface area contributed by atoms with Gasteiger partial charge in [-0.2, -0.15) is 0 Å². The lowest BCUT2D eigenvalue weighted by atomic mass is 9.73. The van der Waals surface area contributed by atoms with E-state index >= 15 is 0 Å². The molecule has 0 amide bonds. The molecule has 1 aliphatic rings. The number of nitrogens with two attached hydrogens (primary N) is 1. The minimum absolute atomic E-state index is 0.143. The van der Waals surface area contributed by atoms with Crippen LogP contribution >= 0.6 is 15.9 Å². The molecule has 1 aromatic rings. The van der Waals surface area contributed by atoms with Crippen LogP contribution in [0.15, 0.2) is 22.7 Å². The number of aromatic hydroxyl groups is 1. The van der Waals surface area contributed by atoms with Crippen LogP contribution in [0.2, 0.25) is 0 Å². The van der Waals surface area contributed by atoms with Crippen molar-refractivity contribution in [2.75, 3.05) is 0 Å². The van der Waals surface area contributed by atoms with Crippen molar-refractivity contribution in [3.63, 3.8) is 0 Å². The molecule has 1 aromatic carbocycles. The quantitative estimate of drug-likeness (QED) is 0.794. The maximum absolute atomic E-state index is 9.31. The Morgan fingerprint density at radius 2 is 2.08 bits per heavy atom. The molecule has 2 rings (SSSR count). The van der Waals surface area contributed by atoms with E-state index in [0.717, 1.165) is 22.9 Å². The SMILES string of the molecule is NC1(c2ccc(O)c(Br)c2)CCC1. The van der Waals surface area contributed by atoms with Crippen LogP contribution in [0.3, 0.4) is 0 Å². The molecule has 1 aliphatic carbocycles. The van der Waals surface area contributed by atoms with Crippen molar-refractivity contribution in [2.45, 2.75) is 24.8 Å². The van der Waals surface area contributed by atoms with Gasteiger partial charge in [0.15, 0.2) is 0 Å². The highest BCUT2D eigenvalue weighted by Gasteiger charge is 2.34. The first-order valence-electron chi connectivity index (χ1n) is 4.40. The molecule has 3 heteroatoms. The molecule has 0 spiro atoms. The molecule has 2 nitrogen and oxygen atoms in total. The summed E-state index contributed by atoms with van der Waals surface area (Å²) in [5.74, 6) is 0.270. The number of halogens is 1. The highest BCUT2D eigenvalue weighted by atomic mass is 79.9. The van der Waals surface area contributed by atoms with Crippen LogP contribution in [0.25, 0.3) is 0 Å². The Balaban J connectivity index is 2.36. The van der Waals surface area contributed by atoms with Crippen LogP contribution in [0.4, 0.5) is 0 Å². The van der Waals surface area contributed by atoms with E-state index in [2.05, 4.69) is 15.9 Å². The maximum Gasteiger partial charge on any atom is 0.129 e. The van der Waals surface area contributed by atoms with E-state index in [1.165, 1.54) is 6.42 Å². The lowest BCUT2D eigenvalue weighted by Gasteiger charge is -2.38. The molecular formula is C10H12BrNO. The predicted molar refractivity (Wildman–Crippen MR) is 55.5 cm³/mol. The fraction of sp³-hybridized carbons (Fsp3) is 0.400. The Kier molecular flexibility index (Phi) is 2.08. The molecule has 1 saturated carbocycles. The fourth-order valence-corrected chi connectivity index (χ4v) is 2.04. The highest BCUT2D eigenvalue weighted by Crippen LogP contribution is 2.40. The van der Waals surface area contributed by atoms with Gasteiger partial charge < -0.3 is 10.8 Å². The minimum atomic E-state index is -0.143. The number of phenols is 1. The van der Waals surface area contributed by atoms with Crippen molar-refractivity contribution < 1.29 is 5.11 Å². The smallest absolute Gasteiger partial charge is 0.129 e. The van der Waals surface area contributed by atoms with E-state index in [0.29, 0.717) is 0 Å². The summed E-state index contributed by atoms with van der Waals surface area (Å²) in [4.78, 5) is 0. The first kappa shape index (κ1) is 9.03. The van der Waals surface area contributed by atoms with Crippen molar-refractivity contribution in [2.24, 2.45) is 5.73 Å². The van der Waals surface area contributed by atoms with E-state index in [4.69, 9.17) is 5.73 Å². The third kappa shape index (κ3) is 1.46. The molecule has 0 unspecified atom stereocenters. The van der Waals surface area contributed by atoms with Gasteiger partial charge >= 0.3 is 0 Å². The lowest BCUT2D eigenvalue weighted by molar-refractivity contribution is 0.253. The first-order valence-corrected chi connectivity index (χ1v) is 5.19. The Hall–Kier alpha value is -0.540. The van der Waals surface area contributed by atoms with Gasteiger partial charge in [-0.05, 0) is 52.9 Å². The summed E-state index contributed by atoms with van der Waals surface area (Å²) in [6, 6.07) is 5.50. The zero-order valence-electron chi connectivity index (χ0n) is 7.26. The van der Waals surface area contributed by atoms with Crippen molar-refractivity contribution in [1.29, 1.82) is 0 Å². The number of hydrogen-bond acceptors (Lipinski definition) is 2. The molecule has 0 heterocycles. The second-order valence-electron chi connectivity index (χ2n) is 3.68. The van der Waals surface area contributed by atoms with Crippen LogP contribution in [0.1, 0.15) is 24.8 Å². The van der Waals surface area contributed by atoms with Gasteiger partial charge in [-0.1, -0.05) is 6.07 Å². The third-order valence-corrected chi connectivity index (χ3v) is 3.40. The van der Waals surface area contributed by atoms with Crippen molar-refractivity contribution >= 4 is 15.9 Å². The van der Waals surface area contributed by atoms with Crippen molar-refractivity contribution in [1.82, 2.24) is 0 Å². The second-order valence-corrected chi connectivity index (χ2v) is 4.53. The second kappa shape index (κ2) is 3.00. The van der Waals surface area contributed by atoms with Gasteiger partial charge in [-0.15, -0.1) is 0 Å². The zero-order chi connectivity index (χ0) is 9.47. The summed E-state index contributed by atoms with van der Waals surface area (Å²) >= 11 is 3.29. The van der Waals surface area contributed by atoms with Crippen LogP contribution in [-0.2, 0) is 5.54 Å². The summed E-state index contributed by atoms with van der Waals surface area (Å²) in [5, 5.41) is 9.31. The third-order valence-electron chi connectivity index (χ3n) is 2.77. The molecule has 0 aromatic heterocycles. The van der Waals surface area contributed by atoms with Crippen LogP contribution < -0.4 is 5.73 Å². The van der Waals surface area contributed by atoms with Crippen LogP contribution in [0.5, 0.6) is 5.75 Å². The van der Waals surface area contributed by atoms with Crippen molar-refractivity contribution in [3.8, 4) is 5.75 Å². The van der Waals surface area contributed by atoms with Gasteiger partial charge in [0, 0.05) is 5.54 Å². The first-order chi connectivity index (χ1) is 6.12. The number of rotatable bonds is 1. The van der Waals surface area contributed by atoms with Crippen molar-refractivity contribution in [3.05, 3.63) is 28.2 Å². The Bertz CT molecular complexity index is 334. The van der Waals surface area contributed by atoms with E-state index in [9.17, 15) is 5.11 Å². The number of phenolic OH excluding ortho intramolecular Hbond substituents is 1. The molecule has 0 atom stereocenters. The molecule has 0 radical (unpaired) electrons. The van der Waals surface area contributed by atoms with E-state index < -0.39 is 0 Å². The molecule has 0 saturated heterocycles. The van der Waals surface area contributed by atoms with Gasteiger partial charge in [-0.3, -0.25) is 0 Å². The van der Waals surface area contributed by atoms with Gasteiger partial charge in [0.25, 0.3) is 0 Å².